The molecular weight excluding hydrogens is 348 g/mol. The Bertz CT molecular complexity index is 802. The van der Waals surface area contributed by atoms with E-state index in [1.54, 1.807) is 0 Å². The van der Waals surface area contributed by atoms with Crippen molar-refractivity contribution >= 4 is 23.2 Å². The lowest BCUT2D eigenvalue weighted by Crippen LogP contribution is -2.36. The first-order valence-corrected chi connectivity index (χ1v) is 9.25. The Hall–Kier alpha value is -2.33. The van der Waals surface area contributed by atoms with Gasteiger partial charge in [0, 0.05) is 24.4 Å². The molecule has 0 radical (unpaired) electrons. The van der Waals surface area contributed by atoms with Gasteiger partial charge in [0.1, 0.15) is 0 Å². The largest absolute Gasteiger partial charge is 0.390 e. The van der Waals surface area contributed by atoms with Gasteiger partial charge in [0.2, 0.25) is 5.91 Å². The van der Waals surface area contributed by atoms with Crippen LogP contribution in [0.3, 0.4) is 0 Å². The van der Waals surface area contributed by atoms with Crippen molar-refractivity contribution < 1.29 is 9.63 Å². The summed E-state index contributed by atoms with van der Waals surface area (Å²) < 4.78 is 0. The smallest absolute Gasteiger partial charge is 0.222 e. The van der Waals surface area contributed by atoms with Crippen LogP contribution in [0, 0.1) is 6.92 Å². The van der Waals surface area contributed by atoms with Crippen molar-refractivity contribution in [2.75, 3.05) is 6.54 Å². The summed E-state index contributed by atoms with van der Waals surface area (Å²) in [6.07, 6.45) is 1.03. The summed E-state index contributed by atoms with van der Waals surface area (Å²) in [5, 5.41) is 4.91. The lowest BCUT2D eigenvalue weighted by molar-refractivity contribution is -0.133. The molecule has 3 rings (SSSR count). The minimum Gasteiger partial charge on any atom is -0.390 e. The summed E-state index contributed by atoms with van der Waals surface area (Å²) in [5.41, 5.74) is 4.23. The first kappa shape index (κ1) is 18.5. The third-order valence-corrected chi connectivity index (χ3v) is 4.69. The Morgan fingerprint density at radius 3 is 2.73 bits per heavy atom. The van der Waals surface area contributed by atoms with Crippen LogP contribution in [-0.4, -0.2) is 29.2 Å². The van der Waals surface area contributed by atoms with Gasteiger partial charge in [0.25, 0.3) is 0 Å². The molecule has 2 aromatic carbocycles. The van der Waals surface area contributed by atoms with Crippen molar-refractivity contribution in [2.24, 2.45) is 5.16 Å². The van der Waals surface area contributed by atoms with E-state index in [0.717, 1.165) is 16.8 Å². The molecule has 1 amide bonds. The molecule has 26 heavy (non-hydrogen) atoms. The molecule has 0 saturated heterocycles. The molecule has 136 valence electrons. The molecule has 0 spiro atoms. The third kappa shape index (κ3) is 4.64. The molecule has 1 heterocycles. The molecular formula is C21H23ClN2O2. The molecule has 4 nitrogen and oxygen atoms in total. The Balaban J connectivity index is 1.65. The van der Waals surface area contributed by atoms with Gasteiger partial charge in [0.15, 0.2) is 6.10 Å². The molecule has 2 aromatic rings. The number of halogens is 1. The Labute approximate surface area is 159 Å². The third-order valence-electron chi connectivity index (χ3n) is 4.46. The first-order chi connectivity index (χ1) is 12.5. The fourth-order valence-corrected chi connectivity index (χ4v) is 3.24. The molecule has 0 unspecified atom stereocenters. The van der Waals surface area contributed by atoms with E-state index in [1.807, 2.05) is 36.1 Å². The van der Waals surface area contributed by atoms with Crippen molar-refractivity contribution in [2.45, 2.75) is 39.3 Å². The van der Waals surface area contributed by atoms with Crippen LogP contribution in [0.25, 0.3) is 0 Å². The van der Waals surface area contributed by atoms with Crippen LogP contribution in [0.15, 0.2) is 53.7 Å². The van der Waals surface area contributed by atoms with Gasteiger partial charge in [0.05, 0.1) is 12.3 Å². The van der Waals surface area contributed by atoms with Crippen molar-refractivity contribution in [3.05, 3.63) is 70.2 Å². The molecule has 0 aliphatic carbocycles. The van der Waals surface area contributed by atoms with Crippen LogP contribution in [-0.2, 0) is 16.2 Å². The van der Waals surface area contributed by atoms with Crippen molar-refractivity contribution in [3.8, 4) is 0 Å². The van der Waals surface area contributed by atoms with E-state index in [1.165, 1.54) is 5.56 Å². The van der Waals surface area contributed by atoms with Gasteiger partial charge < -0.3 is 9.74 Å². The standard InChI is InChI=1S/C21H23ClN2O2/c1-3-21(25)24(13-16-5-4-6-18(22)11-16)14-19-12-20(23-26-19)17-9-7-15(2)8-10-17/h4-11,19H,3,12-14H2,1-2H3/t19-/m1/s1. The number of hydrogen-bond donors (Lipinski definition) is 0. The maximum absolute atomic E-state index is 12.4. The summed E-state index contributed by atoms with van der Waals surface area (Å²) in [4.78, 5) is 19.8. The summed E-state index contributed by atoms with van der Waals surface area (Å²) in [7, 11) is 0. The first-order valence-electron chi connectivity index (χ1n) is 8.87. The van der Waals surface area contributed by atoms with Gasteiger partial charge in [-0.05, 0) is 30.2 Å². The number of carbonyl (C=O) groups excluding carboxylic acids is 1. The monoisotopic (exact) mass is 370 g/mol. The maximum atomic E-state index is 12.4. The predicted octanol–water partition coefficient (Wildman–Crippen LogP) is 4.58. The molecule has 0 N–H and O–H groups in total. The molecule has 0 saturated carbocycles. The molecule has 1 aliphatic heterocycles. The van der Waals surface area contributed by atoms with Crippen molar-refractivity contribution in [1.29, 1.82) is 0 Å². The SMILES string of the molecule is CCC(=O)N(Cc1cccc(Cl)c1)C[C@H]1CC(c2ccc(C)cc2)=NO1. The number of amides is 1. The summed E-state index contributed by atoms with van der Waals surface area (Å²) in [6.45, 7) is 4.96. The highest BCUT2D eigenvalue weighted by atomic mass is 35.5. The van der Waals surface area contributed by atoms with Gasteiger partial charge in [-0.1, -0.05) is 65.6 Å². The Morgan fingerprint density at radius 2 is 2.04 bits per heavy atom. The fourth-order valence-electron chi connectivity index (χ4n) is 3.02. The van der Waals surface area contributed by atoms with Crippen LogP contribution in [0.4, 0.5) is 0 Å². The number of benzene rings is 2. The summed E-state index contributed by atoms with van der Waals surface area (Å²) >= 11 is 6.06. The minimum absolute atomic E-state index is 0.0948. The molecule has 0 bridgehead atoms. The summed E-state index contributed by atoms with van der Waals surface area (Å²) in [6, 6.07) is 15.8. The average molecular weight is 371 g/mol. The molecule has 0 fully saturated rings. The zero-order valence-electron chi connectivity index (χ0n) is 15.1. The minimum atomic E-state index is -0.124. The number of aryl methyl sites for hydroxylation is 1. The van der Waals surface area contributed by atoms with E-state index in [9.17, 15) is 4.79 Å². The zero-order valence-corrected chi connectivity index (χ0v) is 15.9. The fraction of sp³-hybridized carbons (Fsp3) is 0.333. The van der Waals surface area contributed by atoms with Crippen LogP contribution < -0.4 is 0 Å². The second-order valence-electron chi connectivity index (χ2n) is 6.59. The summed E-state index contributed by atoms with van der Waals surface area (Å²) in [5.74, 6) is 0.0948. The van der Waals surface area contributed by atoms with E-state index in [-0.39, 0.29) is 12.0 Å². The second-order valence-corrected chi connectivity index (χ2v) is 7.03. The van der Waals surface area contributed by atoms with Crippen molar-refractivity contribution in [1.82, 2.24) is 4.90 Å². The number of rotatable bonds is 6. The average Bonchev–Trinajstić information content (AvgIpc) is 3.10. The van der Waals surface area contributed by atoms with E-state index in [2.05, 4.69) is 36.3 Å². The normalized spacial score (nSPS) is 16.1. The highest BCUT2D eigenvalue weighted by molar-refractivity contribution is 6.30. The molecule has 5 heteroatoms. The zero-order chi connectivity index (χ0) is 18.5. The van der Waals surface area contributed by atoms with Crippen LogP contribution in [0.5, 0.6) is 0 Å². The van der Waals surface area contributed by atoms with Gasteiger partial charge in [-0.3, -0.25) is 4.79 Å². The van der Waals surface area contributed by atoms with Crippen LogP contribution in [0.1, 0.15) is 36.5 Å². The van der Waals surface area contributed by atoms with Gasteiger partial charge in [-0.15, -0.1) is 0 Å². The van der Waals surface area contributed by atoms with E-state index in [0.29, 0.717) is 31.0 Å². The van der Waals surface area contributed by atoms with Crippen LogP contribution >= 0.6 is 11.6 Å². The van der Waals surface area contributed by atoms with E-state index >= 15 is 0 Å². The van der Waals surface area contributed by atoms with Crippen molar-refractivity contribution in [3.63, 3.8) is 0 Å². The lowest BCUT2D eigenvalue weighted by atomic mass is 10.0. The second kappa shape index (κ2) is 8.37. The quantitative estimate of drug-likeness (QED) is 0.746. The van der Waals surface area contributed by atoms with E-state index in [4.69, 9.17) is 16.4 Å². The maximum Gasteiger partial charge on any atom is 0.222 e. The van der Waals surface area contributed by atoms with Gasteiger partial charge >= 0.3 is 0 Å². The number of oxime groups is 1. The molecule has 0 aromatic heterocycles. The Morgan fingerprint density at radius 1 is 1.27 bits per heavy atom. The van der Waals surface area contributed by atoms with Gasteiger partial charge in [-0.25, -0.2) is 0 Å². The number of carbonyl (C=O) groups is 1. The lowest BCUT2D eigenvalue weighted by Gasteiger charge is -2.24. The Kier molecular flexibility index (Phi) is 5.94. The number of nitrogens with zero attached hydrogens (tertiary/aromatic N) is 2. The highest BCUT2D eigenvalue weighted by Gasteiger charge is 2.26. The molecule has 1 aliphatic rings. The predicted molar refractivity (Wildman–Crippen MR) is 104 cm³/mol. The molecule has 1 atom stereocenters. The van der Waals surface area contributed by atoms with Crippen LogP contribution in [0.2, 0.25) is 5.02 Å². The topological polar surface area (TPSA) is 41.9 Å². The highest BCUT2D eigenvalue weighted by Crippen LogP contribution is 2.20. The van der Waals surface area contributed by atoms with E-state index < -0.39 is 0 Å². The number of hydrogen-bond acceptors (Lipinski definition) is 3. The van der Waals surface area contributed by atoms with Gasteiger partial charge in [-0.2, -0.15) is 0 Å².